The maximum absolute atomic E-state index is 5.84. The standard InChI is InChI=1S/C12H13BrClN3S/c1-8(6-9-4-3-5-18-9)17(2)11-10(13)7-15-12(14)16-11/h3-5,7-8H,6H2,1-2H3. The first-order valence-electron chi connectivity index (χ1n) is 5.51. The molecule has 2 aromatic rings. The van der Waals surface area contributed by atoms with Gasteiger partial charge in [0, 0.05) is 30.6 Å². The van der Waals surface area contributed by atoms with Crippen molar-refractivity contribution < 1.29 is 0 Å². The maximum atomic E-state index is 5.84. The summed E-state index contributed by atoms with van der Waals surface area (Å²) in [7, 11) is 2.02. The minimum Gasteiger partial charge on any atom is -0.356 e. The first-order valence-corrected chi connectivity index (χ1v) is 7.56. The van der Waals surface area contributed by atoms with E-state index in [9.17, 15) is 0 Å². The van der Waals surface area contributed by atoms with E-state index >= 15 is 0 Å². The van der Waals surface area contributed by atoms with Crippen LogP contribution in [0, 0.1) is 0 Å². The van der Waals surface area contributed by atoms with E-state index < -0.39 is 0 Å². The van der Waals surface area contributed by atoms with E-state index in [1.54, 1.807) is 17.5 Å². The summed E-state index contributed by atoms with van der Waals surface area (Å²) in [5, 5.41) is 2.36. The monoisotopic (exact) mass is 345 g/mol. The fourth-order valence-electron chi connectivity index (χ4n) is 1.65. The summed E-state index contributed by atoms with van der Waals surface area (Å²) in [6.07, 6.45) is 2.67. The lowest BCUT2D eigenvalue weighted by Crippen LogP contribution is -2.31. The topological polar surface area (TPSA) is 29.0 Å². The van der Waals surface area contributed by atoms with E-state index in [1.165, 1.54) is 4.88 Å². The van der Waals surface area contributed by atoms with Gasteiger partial charge in [-0.3, -0.25) is 0 Å². The number of thiophene rings is 1. The summed E-state index contributed by atoms with van der Waals surface area (Å²) in [5.41, 5.74) is 0. The molecule has 0 saturated carbocycles. The minimum absolute atomic E-state index is 0.267. The van der Waals surface area contributed by atoms with Crippen molar-refractivity contribution in [3.8, 4) is 0 Å². The van der Waals surface area contributed by atoms with E-state index in [0.29, 0.717) is 6.04 Å². The smallest absolute Gasteiger partial charge is 0.224 e. The Morgan fingerprint density at radius 3 is 3.00 bits per heavy atom. The van der Waals surface area contributed by atoms with E-state index in [2.05, 4.69) is 55.2 Å². The summed E-state index contributed by atoms with van der Waals surface area (Å²) in [6, 6.07) is 4.56. The van der Waals surface area contributed by atoms with Crippen LogP contribution in [0.25, 0.3) is 0 Å². The van der Waals surface area contributed by atoms with Crippen LogP contribution >= 0.6 is 38.9 Å². The Bertz CT molecular complexity index is 518. The quantitative estimate of drug-likeness (QED) is 0.783. The highest BCUT2D eigenvalue weighted by Crippen LogP contribution is 2.26. The maximum Gasteiger partial charge on any atom is 0.224 e. The number of aromatic nitrogens is 2. The second kappa shape index (κ2) is 5.99. The van der Waals surface area contributed by atoms with E-state index in [4.69, 9.17) is 11.6 Å². The molecule has 2 rings (SSSR count). The second-order valence-electron chi connectivity index (χ2n) is 4.05. The van der Waals surface area contributed by atoms with Crippen LogP contribution in [-0.2, 0) is 6.42 Å². The minimum atomic E-state index is 0.267. The van der Waals surface area contributed by atoms with Crippen molar-refractivity contribution >= 4 is 44.7 Å². The normalized spacial score (nSPS) is 12.4. The molecule has 0 bridgehead atoms. The Morgan fingerprint density at radius 2 is 2.33 bits per heavy atom. The van der Waals surface area contributed by atoms with Gasteiger partial charge in [0.25, 0.3) is 0 Å². The number of halogens is 2. The van der Waals surface area contributed by atoms with Crippen molar-refractivity contribution in [2.24, 2.45) is 0 Å². The molecule has 6 heteroatoms. The zero-order chi connectivity index (χ0) is 13.1. The van der Waals surface area contributed by atoms with Crippen LogP contribution in [0.15, 0.2) is 28.2 Å². The van der Waals surface area contributed by atoms with Crippen LogP contribution in [0.4, 0.5) is 5.82 Å². The van der Waals surface area contributed by atoms with Gasteiger partial charge in [0.15, 0.2) is 0 Å². The molecule has 18 heavy (non-hydrogen) atoms. The van der Waals surface area contributed by atoms with Crippen LogP contribution in [0.2, 0.25) is 5.28 Å². The molecule has 2 aromatic heterocycles. The summed E-state index contributed by atoms with van der Waals surface area (Å²) < 4.78 is 0.854. The number of anilines is 1. The van der Waals surface area contributed by atoms with E-state index in [1.807, 2.05) is 7.05 Å². The largest absolute Gasteiger partial charge is 0.356 e. The Labute approximate surface area is 124 Å². The first kappa shape index (κ1) is 13.8. The molecule has 0 fully saturated rings. The van der Waals surface area contributed by atoms with Crippen molar-refractivity contribution in [3.05, 3.63) is 38.3 Å². The molecule has 0 radical (unpaired) electrons. The molecular weight excluding hydrogens is 334 g/mol. The van der Waals surface area contributed by atoms with Gasteiger partial charge in [-0.1, -0.05) is 6.07 Å². The van der Waals surface area contributed by atoms with Crippen molar-refractivity contribution in [2.75, 3.05) is 11.9 Å². The second-order valence-corrected chi connectivity index (χ2v) is 6.28. The number of likely N-dealkylation sites (N-methyl/N-ethyl adjacent to an activating group) is 1. The summed E-state index contributed by atoms with van der Waals surface area (Å²) in [6.45, 7) is 2.17. The molecule has 0 aliphatic rings. The predicted octanol–water partition coefficient (Wildman–Crippen LogP) is 4.02. The number of hydrogen-bond acceptors (Lipinski definition) is 4. The summed E-state index contributed by atoms with van der Waals surface area (Å²) >= 11 is 11.1. The molecule has 2 heterocycles. The van der Waals surface area contributed by atoms with Crippen LogP contribution < -0.4 is 4.90 Å². The molecular formula is C12H13BrClN3S. The molecule has 1 unspecified atom stereocenters. The predicted molar refractivity (Wildman–Crippen MR) is 80.6 cm³/mol. The highest BCUT2D eigenvalue weighted by molar-refractivity contribution is 9.10. The highest BCUT2D eigenvalue weighted by Gasteiger charge is 2.16. The molecule has 0 aliphatic heterocycles. The van der Waals surface area contributed by atoms with Gasteiger partial charge >= 0.3 is 0 Å². The zero-order valence-electron chi connectivity index (χ0n) is 10.1. The van der Waals surface area contributed by atoms with Crippen molar-refractivity contribution in [3.63, 3.8) is 0 Å². The molecule has 0 amide bonds. The van der Waals surface area contributed by atoms with Crippen molar-refractivity contribution in [1.82, 2.24) is 9.97 Å². The lowest BCUT2D eigenvalue weighted by molar-refractivity contribution is 0.678. The molecule has 96 valence electrons. The van der Waals surface area contributed by atoms with Gasteiger partial charge in [-0.15, -0.1) is 11.3 Å². The molecule has 0 aromatic carbocycles. The van der Waals surface area contributed by atoms with Crippen LogP contribution in [0.3, 0.4) is 0 Å². The average molecular weight is 347 g/mol. The summed E-state index contributed by atoms with van der Waals surface area (Å²) in [4.78, 5) is 11.7. The third-order valence-corrected chi connectivity index (χ3v) is 4.41. The summed E-state index contributed by atoms with van der Waals surface area (Å²) in [5.74, 6) is 0.819. The van der Waals surface area contributed by atoms with Crippen LogP contribution in [0.5, 0.6) is 0 Å². The third-order valence-electron chi connectivity index (χ3n) is 2.77. The van der Waals surface area contributed by atoms with E-state index in [-0.39, 0.29) is 5.28 Å². The molecule has 3 nitrogen and oxygen atoms in total. The van der Waals surface area contributed by atoms with Crippen LogP contribution in [0.1, 0.15) is 11.8 Å². The Hall–Kier alpha value is -0.650. The van der Waals surface area contributed by atoms with Gasteiger partial charge in [0.2, 0.25) is 5.28 Å². The molecule has 0 spiro atoms. The Kier molecular flexibility index (Phi) is 4.59. The third kappa shape index (κ3) is 3.22. The van der Waals surface area contributed by atoms with Gasteiger partial charge in [0.1, 0.15) is 5.82 Å². The number of hydrogen-bond donors (Lipinski definition) is 0. The van der Waals surface area contributed by atoms with Crippen LogP contribution in [-0.4, -0.2) is 23.1 Å². The number of nitrogens with zero attached hydrogens (tertiary/aromatic N) is 3. The van der Waals surface area contributed by atoms with Gasteiger partial charge in [-0.25, -0.2) is 4.98 Å². The van der Waals surface area contributed by atoms with Gasteiger partial charge in [-0.2, -0.15) is 4.98 Å². The number of rotatable bonds is 4. The lowest BCUT2D eigenvalue weighted by atomic mass is 10.2. The van der Waals surface area contributed by atoms with Crippen molar-refractivity contribution in [1.29, 1.82) is 0 Å². The molecule has 0 saturated heterocycles. The fourth-order valence-corrected chi connectivity index (χ4v) is 3.08. The molecule has 0 N–H and O–H groups in total. The highest BCUT2D eigenvalue weighted by atomic mass is 79.9. The van der Waals surface area contributed by atoms with E-state index in [0.717, 1.165) is 16.7 Å². The molecule has 0 aliphatic carbocycles. The SMILES string of the molecule is CC(Cc1cccs1)N(C)c1nc(Cl)ncc1Br. The van der Waals surface area contributed by atoms with Crippen molar-refractivity contribution in [2.45, 2.75) is 19.4 Å². The molecule has 1 atom stereocenters. The van der Waals surface area contributed by atoms with Gasteiger partial charge in [0.05, 0.1) is 4.47 Å². The fraction of sp³-hybridized carbons (Fsp3) is 0.333. The lowest BCUT2D eigenvalue weighted by Gasteiger charge is -2.26. The van der Waals surface area contributed by atoms with Gasteiger partial charge < -0.3 is 4.90 Å². The Balaban J connectivity index is 2.14. The average Bonchev–Trinajstić information content (AvgIpc) is 2.84. The first-order chi connectivity index (χ1) is 8.58. The van der Waals surface area contributed by atoms with Gasteiger partial charge in [-0.05, 0) is 45.9 Å². The Morgan fingerprint density at radius 1 is 1.56 bits per heavy atom. The zero-order valence-corrected chi connectivity index (χ0v) is 13.3.